The summed E-state index contributed by atoms with van der Waals surface area (Å²) in [5.41, 5.74) is 8.01. The number of halogens is 2. The first-order valence-corrected chi connectivity index (χ1v) is 9.78. The largest absolute Gasteiger partial charge is 0.368 e. The van der Waals surface area contributed by atoms with Crippen LogP contribution in [0.15, 0.2) is 48.8 Å². The van der Waals surface area contributed by atoms with Gasteiger partial charge in [-0.3, -0.25) is 9.78 Å². The molecular formula is C19H13Cl2N5OS. The molecule has 0 aliphatic carbocycles. The maximum absolute atomic E-state index is 12.6. The molecule has 3 heterocycles. The summed E-state index contributed by atoms with van der Waals surface area (Å²) in [6, 6.07) is 10.6. The Balaban J connectivity index is 1.69. The Morgan fingerprint density at radius 2 is 2.04 bits per heavy atom. The van der Waals surface area contributed by atoms with E-state index >= 15 is 0 Å². The van der Waals surface area contributed by atoms with Crippen molar-refractivity contribution in [1.82, 2.24) is 20.3 Å². The van der Waals surface area contributed by atoms with Crippen molar-refractivity contribution in [3.8, 4) is 11.3 Å². The molecule has 0 radical (unpaired) electrons. The maximum Gasteiger partial charge on any atom is 0.261 e. The number of aromatic nitrogens is 3. The Hall–Kier alpha value is -2.74. The second kappa shape index (κ2) is 7.71. The summed E-state index contributed by atoms with van der Waals surface area (Å²) in [6.07, 6.45) is 3.39. The zero-order valence-corrected chi connectivity index (χ0v) is 16.6. The Kier molecular flexibility index (Phi) is 5.13. The molecular weight excluding hydrogens is 417 g/mol. The van der Waals surface area contributed by atoms with Crippen LogP contribution in [-0.2, 0) is 6.54 Å². The van der Waals surface area contributed by atoms with Crippen LogP contribution >= 0.6 is 34.5 Å². The molecule has 1 aromatic carbocycles. The Morgan fingerprint density at radius 1 is 1.18 bits per heavy atom. The van der Waals surface area contributed by atoms with Crippen molar-refractivity contribution < 1.29 is 4.79 Å². The molecule has 0 saturated heterocycles. The van der Waals surface area contributed by atoms with Crippen LogP contribution in [0, 0.1) is 0 Å². The molecule has 4 rings (SSSR count). The van der Waals surface area contributed by atoms with Crippen molar-refractivity contribution in [2.45, 2.75) is 6.54 Å². The van der Waals surface area contributed by atoms with Gasteiger partial charge in [-0.2, -0.15) is 0 Å². The Bertz CT molecular complexity index is 1180. The van der Waals surface area contributed by atoms with Crippen molar-refractivity contribution in [2.24, 2.45) is 0 Å². The van der Waals surface area contributed by atoms with Crippen LogP contribution in [-0.4, -0.2) is 20.9 Å². The van der Waals surface area contributed by atoms with Gasteiger partial charge in [0.05, 0.1) is 15.6 Å². The quantitative estimate of drug-likeness (QED) is 0.495. The molecule has 4 aromatic rings. The molecule has 0 spiro atoms. The van der Waals surface area contributed by atoms with Crippen LogP contribution < -0.4 is 11.1 Å². The molecule has 0 aliphatic rings. The first kappa shape index (κ1) is 18.6. The summed E-state index contributed by atoms with van der Waals surface area (Å²) in [5.74, 6) is -0.101. The zero-order valence-electron chi connectivity index (χ0n) is 14.3. The Morgan fingerprint density at radius 3 is 2.79 bits per heavy atom. The topological polar surface area (TPSA) is 93.8 Å². The number of pyridine rings is 1. The number of nitrogens with zero attached hydrogens (tertiary/aromatic N) is 3. The van der Waals surface area contributed by atoms with Gasteiger partial charge in [-0.1, -0.05) is 29.3 Å². The molecule has 0 aliphatic heterocycles. The number of carbonyl (C=O) groups excluding carboxylic acids is 1. The highest BCUT2D eigenvalue weighted by molar-refractivity contribution is 7.20. The van der Waals surface area contributed by atoms with E-state index in [2.05, 4.69) is 20.3 Å². The predicted molar refractivity (Wildman–Crippen MR) is 113 cm³/mol. The smallest absolute Gasteiger partial charge is 0.261 e. The van der Waals surface area contributed by atoms with Crippen LogP contribution in [0.5, 0.6) is 0 Å². The van der Waals surface area contributed by atoms with Crippen LogP contribution in [0.2, 0.25) is 10.0 Å². The Labute approximate surface area is 174 Å². The summed E-state index contributed by atoms with van der Waals surface area (Å²) >= 11 is 13.6. The summed E-state index contributed by atoms with van der Waals surface area (Å²) in [5, 5.41) is 4.55. The molecule has 0 unspecified atom stereocenters. The fourth-order valence-electron chi connectivity index (χ4n) is 2.71. The summed E-state index contributed by atoms with van der Waals surface area (Å²) in [7, 11) is 0. The highest BCUT2D eigenvalue weighted by Gasteiger charge is 2.18. The number of nitrogen functional groups attached to an aromatic ring is 1. The molecule has 3 aromatic heterocycles. The van der Waals surface area contributed by atoms with Gasteiger partial charge in [-0.05, 0) is 35.9 Å². The second-order valence-electron chi connectivity index (χ2n) is 5.93. The number of amides is 1. The van der Waals surface area contributed by atoms with E-state index in [1.807, 2.05) is 12.1 Å². The fourth-order valence-corrected chi connectivity index (χ4v) is 4.16. The summed E-state index contributed by atoms with van der Waals surface area (Å²) in [4.78, 5) is 26.3. The number of hydrogen-bond acceptors (Lipinski definition) is 6. The molecule has 0 bridgehead atoms. The number of anilines is 1. The van der Waals surface area contributed by atoms with E-state index in [1.54, 1.807) is 36.7 Å². The first-order valence-electron chi connectivity index (χ1n) is 8.21. The van der Waals surface area contributed by atoms with E-state index in [0.29, 0.717) is 42.9 Å². The van der Waals surface area contributed by atoms with Crippen molar-refractivity contribution in [3.05, 3.63) is 69.3 Å². The number of rotatable bonds is 4. The second-order valence-corrected chi connectivity index (χ2v) is 7.80. The third kappa shape index (κ3) is 3.77. The third-order valence-corrected chi connectivity index (χ3v) is 5.57. The van der Waals surface area contributed by atoms with E-state index in [0.717, 1.165) is 5.56 Å². The zero-order chi connectivity index (χ0) is 19.7. The molecule has 0 saturated carbocycles. The SMILES string of the molecule is Nc1nc(-c2ccc(Cl)cc2Cl)c2cc(C(=O)NCc3cccnc3)sc2n1. The first-order chi connectivity index (χ1) is 13.5. The predicted octanol–water partition coefficient (Wildman–Crippen LogP) is 4.57. The lowest BCUT2D eigenvalue weighted by Crippen LogP contribution is -2.21. The number of nitrogens with two attached hydrogens (primary N) is 1. The average molecular weight is 430 g/mol. The fraction of sp³-hybridized carbons (Fsp3) is 0.0526. The number of benzene rings is 1. The van der Waals surface area contributed by atoms with Gasteiger partial charge in [0.15, 0.2) is 0 Å². The highest BCUT2D eigenvalue weighted by atomic mass is 35.5. The lowest BCUT2D eigenvalue weighted by molar-refractivity contribution is 0.0955. The lowest BCUT2D eigenvalue weighted by Gasteiger charge is -2.06. The summed E-state index contributed by atoms with van der Waals surface area (Å²) < 4.78 is 0. The van der Waals surface area contributed by atoms with Gasteiger partial charge >= 0.3 is 0 Å². The van der Waals surface area contributed by atoms with E-state index < -0.39 is 0 Å². The highest BCUT2D eigenvalue weighted by Crippen LogP contribution is 2.36. The van der Waals surface area contributed by atoms with Gasteiger partial charge in [0, 0.05) is 34.9 Å². The van der Waals surface area contributed by atoms with Crippen molar-refractivity contribution in [1.29, 1.82) is 0 Å². The molecule has 1 amide bonds. The van der Waals surface area contributed by atoms with Gasteiger partial charge in [-0.15, -0.1) is 11.3 Å². The van der Waals surface area contributed by atoms with Gasteiger partial charge in [0.2, 0.25) is 5.95 Å². The molecule has 9 heteroatoms. The van der Waals surface area contributed by atoms with Gasteiger partial charge < -0.3 is 11.1 Å². The molecule has 3 N–H and O–H groups in total. The minimum atomic E-state index is -0.210. The minimum Gasteiger partial charge on any atom is -0.368 e. The maximum atomic E-state index is 12.6. The summed E-state index contributed by atoms with van der Waals surface area (Å²) in [6.45, 7) is 0.380. The normalized spacial score (nSPS) is 10.9. The van der Waals surface area contributed by atoms with E-state index in [9.17, 15) is 4.79 Å². The van der Waals surface area contributed by atoms with Crippen LogP contribution in [0.25, 0.3) is 21.5 Å². The van der Waals surface area contributed by atoms with E-state index in [-0.39, 0.29) is 11.9 Å². The number of nitrogens with one attached hydrogen (secondary N) is 1. The lowest BCUT2D eigenvalue weighted by atomic mass is 10.1. The van der Waals surface area contributed by atoms with E-state index in [4.69, 9.17) is 28.9 Å². The standard InChI is InChI=1S/C19H13Cl2N5OS/c20-11-3-4-12(14(21)6-11)16-13-7-15(28-18(13)26-19(22)25-16)17(27)24-9-10-2-1-5-23-8-10/h1-8H,9H2,(H,24,27)(H2,22,25,26). The van der Waals surface area contributed by atoms with Gasteiger partial charge in [-0.25, -0.2) is 9.97 Å². The van der Waals surface area contributed by atoms with Crippen molar-refractivity contribution in [2.75, 3.05) is 5.73 Å². The molecule has 6 nitrogen and oxygen atoms in total. The molecule has 0 fully saturated rings. The van der Waals surface area contributed by atoms with Crippen LogP contribution in [0.4, 0.5) is 5.95 Å². The minimum absolute atomic E-state index is 0.109. The van der Waals surface area contributed by atoms with Crippen LogP contribution in [0.1, 0.15) is 15.2 Å². The average Bonchev–Trinajstić information content (AvgIpc) is 3.10. The van der Waals surface area contributed by atoms with Crippen LogP contribution in [0.3, 0.4) is 0 Å². The monoisotopic (exact) mass is 429 g/mol. The number of hydrogen-bond donors (Lipinski definition) is 2. The molecule has 0 atom stereocenters. The van der Waals surface area contributed by atoms with Gasteiger partial charge in [0.25, 0.3) is 5.91 Å². The molecule has 140 valence electrons. The third-order valence-electron chi connectivity index (χ3n) is 4.00. The van der Waals surface area contributed by atoms with Crippen molar-refractivity contribution in [3.63, 3.8) is 0 Å². The van der Waals surface area contributed by atoms with Crippen molar-refractivity contribution >= 4 is 56.6 Å². The number of thiophene rings is 1. The van der Waals surface area contributed by atoms with E-state index in [1.165, 1.54) is 11.3 Å². The number of fused-ring (bicyclic) bond motifs is 1. The molecule has 28 heavy (non-hydrogen) atoms. The number of carbonyl (C=O) groups is 1. The van der Waals surface area contributed by atoms with Gasteiger partial charge in [0.1, 0.15) is 4.83 Å².